The van der Waals surface area contributed by atoms with Gasteiger partial charge in [0.25, 0.3) is 5.91 Å². The van der Waals surface area contributed by atoms with Crippen molar-refractivity contribution in [3.05, 3.63) is 51.3 Å². The van der Waals surface area contributed by atoms with E-state index < -0.39 is 0 Å². The lowest BCUT2D eigenvalue weighted by molar-refractivity contribution is 0.0953. The number of rotatable bonds is 3. The van der Waals surface area contributed by atoms with E-state index >= 15 is 0 Å². The third-order valence-corrected chi connectivity index (χ3v) is 3.79. The zero-order valence-electron chi connectivity index (χ0n) is 13.4. The number of aromatic nitrogens is 1. The molecule has 1 aromatic carbocycles. The van der Waals surface area contributed by atoms with Gasteiger partial charge in [-0.3, -0.25) is 9.59 Å². The number of carbonyl (C=O) groups is 1. The predicted molar refractivity (Wildman–Crippen MR) is 89.9 cm³/mol. The summed E-state index contributed by atoms with van der Waals surface area (Å²) in [6.07, 6.45) is 0.845. The third-order valence-electron chi connectivity index (χ3n) is 3.79. The van der Waals surface area contributed by atoms with Gasteiger partial charge < -0.3 is 9.73 Å². The SMILES string of the molecule is CCCNC(=O)c1cc2c(=O)c3cc(C)ccc3oc2nc1C. The van der Waals surface area contributed by atoms with E-state index in [1.54, 1.807) is 25.1 Å². The Labute approximate surface area is 133 Å². The van der Waals surface area contributed by atoms with Crippen LogP contribution in [0.3, 0.4) is 0 Å². The first-order valence-corrected chi connectivity index (χ1v) is 7.64. The van der Waals surface area contributed by atoms with Crippen LogP contribution in [0.4, 0.5) is 0 Å². The summed E-state index contributed by atoms with van der Waals surface area (Å²) in [4.78, 5) is 29.2. The summed E-state index contributed by atoms with van der Waals surface area (Å²) in [5.74, 6) is -0.220. The minimum atomic E-state index is -0.220. The number of carbonyl (C=O) groups excluding carboxylic acids is 1. The number of nitrogens with one attached hydrogen (secondary N) is 1. The van der Waals surface area contributed by atoms with Crippen LogP contribution in [-0.4, -0.2) is 17.4 Å². The van der Waals surface area contributed by atoms with Crippen LogP contribution in [0.15, 0.2) is 33.5 Å². The Bertz CT molecular complexity index is 973. The Morgan fingerprint density at radius 2 is 2.00 bits per heavy atom. The number of nitrogens with zero attached hydrogens (tertiary/aromatic N) is 1. The number of fused-ring (bicyclic) bond motifs is 2. The predicted octanol–water partition coefficient (Wildman–Crippen LogP) is 3.10. The van der Waals surface area contributed by atoms with Gasteiger partial charge in [-0.2, -0.15) is 0 Å². The average molecular weight is 310 g/mol. The summed E-state index contributed by atoms with van der Waals surface area (Å²) in [7, 11) is 0. The topological polar surface area (TPSA) is 72.2 Å². The molecule has 23 heavy (non-hydrogen) atoms. The number of pyridine rings is 1. The summed E-state index contributed by atoms with van der Waals surface area (Å²) in [5.41, 5.74) is 2.53. The fraction of sp³-hybridized carbons (Fsp3) is 0.278. The Balaban J connectivity index is 2.25. The van der Waals surface area contributed by atoms with Gasteiger partial charge in [0, 0.05) is 6.54 Å². The lowest BCUT2D eigenvalue weighted by Crippen LogP contribution is -2.25. The lowest BCUT2D eigenvalue weighted by Gasteiger charge is -2.08. The van der Waals surface area contributed by atoms with Crippen molar-refractivity contribution >= 4 is 28.0 Å². The number of amides is 1. The minimum absolute atomic E-state index is 0.165. The third kappa shape index (κ3) is 2.70. The zero-order valence-corrected chi connectivity index (χ0v) is 13.4. The van der Waals surface area contributed by atoms with Crippen molar-refractivity contribution in [2.75, 3.05) is 6.54 Å². The smallest absolute Gasteiger partial charge is 0.253 e. The van der Waals surface area contributed by atoms with Gasteiger partial charge in [-0.05, 0) is 38.5 Å². The monoisotopic (exact) mass is 310 g/mol. The largest absolute Gasteiger partial charge is 0.437 e. The van der Waals surface area contributed by atoms with E-state index in [1.165, 1.54) is 0 Å². The zero-order chi connectivity index (χ0) is 16.6. The van der Waals surface area contributed by atoms with Crippen LogP contribution in [-0.2, 0) is 0 Å². The van der Waals surface area contributed by atoms with Crippen molar-refractivity contribution in [3.8, 4) is 0 Å². The molecule has 0 fully saturated rings. The molecule has 2 heterocycles. The standard InChI is InChI=1S/C18H18N2O3/c1-4-7-19-17(22)12-9-14-16(21)13-8-10(2)5-6-15(13)23-18(14)20-11(12)3/h5-6,8-9H,4,7H2,1-3H3,(H,19,22). The second-order valence-corrected chi connectivity index (χ2v) is 5.66. The molecule has 5 nitrogen and oxygen atoms in total. The second-order valence-electron chi connectivity index (χ2n) is 5.66. The van der Waals surface area contributed by atoms with Gasteiger partial charge in [0.1, 0.15) is 5.58 Å². The molecule has 0 radical (unpaired) electrons. The first kappa shape index (κ1) is 15.2. The average Bonchev–Trinajstić information content (AvgIpc) is 2.53. The molecule has 2 aromatic heterocycles. The van der Waals surface area contributed by atoms with Crippen LogP contribution in [0, 0.1) is 13.8 Å². The maximum Gasteiger partial charge on any atom is 0.253 e. The van der Waals surface area contributed by atoms with Crippen LogP contribution in [0.25, 0.3) is 22.1 Å². The molecule has 1 N–H and O–H groups in total. The van der Waals surface area contributed by atoms with Gasteiger partial charge in [-0.25, -0.2) is 4.98 Å². The Hall–Kier alpha value is -2.69. The molecule has 0 bridgehead atoms. The molecule has 1 amide bonds. The molecule has 0 saturated heterocycles. The molecule has 3 aromatic rings. The lowest BCUT2D eigenvalue weighted by atomic mass is 10.1. The first-order chi connectivity index (χ1) is 11.0. The summed E-state index contributed by atoms with van der Waals surface area (Å²) in [5, 5.41) is 3.64. The van der Waals surface area contributed by atoms with Gasteiger partial charge in [-0.15, -0.1) is 0 Å². The molecule has 0 saturated carbocycles. The van der Waals surface area contributed by atoms with Crippen molar-refractivity contribution in [2.45, 2.75) is 27.2 Å². The number of benzene rings is 1. The highest BCUT2D eigenvalue weighted by molar-refractivity contribution is 5.99. The van der Waals surface area contributed by atoms with E-state index in [4.69, 9.17) is 4.42 Å². The van der Waals surface area contributed by atoms with Crippen molar-refractivity contribution in [3.63, 3.8) is 0 Å². The number of aryl methyl sites for hydroxylation is 2. The summed E-state index contributed by atoms with van der Waals surface area (Å²) < 4.78 is 5.74. The van der Waals surface area contributed by atoms with Gasteiger partial charge in [0.2, 0.25) is 11.1 Å². The fourth-order valence-corrected chi connectivity index (χ4v) is 2.55. The first-order valence-electron chi connectivity index (χ1n) is 7.64. The van der Waals surface area contributed by atoms with Crippen molar-refractivity contribution in [2.24, 2.45) is 0 Å². The van der Waals surface area contributed by atoms with Gasteiger partial charge in [0.15, 0.2) is 0 Å². The van der Waals surface area contributed by atoms with E-state index in [2.05, 4.69) is 10.3 Å². The summed E-state index contributed by atoms with van der Waals surface area (Å²) >= 11 is 0. The molecular weight excluding hydrogens is 292 g/mol. The van der Waals surface area contributed by atoms with Gasteiger partial charge in [0.05, 0.1) is 22.0 Å². The normalized spacial score (nSPS) is 11.1. The van der Waals surface area contributed by atoms with Crippen molar-refractivity contribution in [1.82, 2.24) is 10.3 Å². The molecular formula is C18H18N2O3. The molecule has 3 rings (SSSR count). The van der Waals surface area contributed by atoms with E-state index in [0.717, 1.165) is 12.0 Å². The molecule has 0 atom stereocenters. The van der Waals surface area contributed by atoms with Gasteiger partial charge in [-0.1, -0.05) is 18.6 Å². The molecule has 0 aliphatic carbocycles. The van der Waals surface area contributed by atoms with Crippen LogP contribution >= 0.6 is 0 Å². The molecule has 0 unspecified atom stereocenters. The Morgan fingerprint density at radius 1 is 1.22 bits per heavy atom. The summed E-state index contributed by atoms with van der Waals surface area (Å²) in [6.45, 7) is 6.22. The van der Waals surface area contributed by atoms with Crippen LogP contribution in [0.1, 0.15) is 35.0 Å². The Morgan fingerprint density at radius 3 is 2.74 bits per heavy atom. The second kappa shape index (κ2) is 5.83. The van der Waals surface area contributed by atoms with Crippen molar-refractivity contribution in [1.29, 1.82) is 0 Å². The van der Waals surface area contributed by atoms with E-state index in [-0.39, 0.29) is 17.0 Å². The highest BCUT2D eigenvalue weighted by Gasteiger charge is 2.15. The minimum Gasteiger partial charge on any atom is -0.437 e. The van der Waals surface area contributed by atoms with Crippen molar-refractivity contribution < 1.29 is 9.21 Å². The number of hydrogen-bond donors (Lipinski definition) is 1. The maximum atomic E-state index is 12.7. The van der Waals surface area contributed by atoms with E-state index in [1.807, 2.05) is 19.9 Å². The quantitative estimate of drug-likeness (QED) is 0.755. The fourth-order valence-electron chi connectivity index (χ4n) is 2.55. The molecule has 0 spiro atoms. The number of hydrogen-bond acceptors (Lipinski definition) is 4. The molecule has 0 aliphatic rings. The van der Waals surface area contributed by atoms with Crippen LogP contribution < -0.4 is 10.7 Å². The summed E-state index contributed by atoms with van der Waals surface area (Å²) in [6, 6.07) is 7.02. The molecule has 118 valence electrons. The van der Waals surface area contributed by atoms with Crippen LogP contribution in [0.5, 0.6) is 0 Å². The highest BCUT2D eigenvalue weighted by atomic mass is 16.3. The highest BCUT2D eigenvalue weighted by Crippen LogP contribution is 2.20. The molecule has 0 aliphatic heterocycles. The maximum absolute atomic E-state index is 12.7. The van der Waals surface area contributed by atoms with E-state index in [0.29, 0.717) is 34.2 Å². The molecule has 5 heteroatoms. The Kier molecular flexibility index (Phi) is 3.86. The van der Waals surface area contributed by atoms with Crippen LogP contribution in [0.2, 0.25) is 0 Å². The van der Waals surface area contributed by atoms with Gasteiger partial charge >= 0.3 is 0 Å². The van der Waals surface area contributed by atoms with E-state index in [9.17, 15) is 9.59 Å².